The molecular weight excluding hydrogens is 311 g/mol. The van der Waals surface area contributed by atoms with Gasteiger partial charge in [-0.2, -0.15) is 13.2 Å². The minimum atomic E-state index is -4.12. The highest BCUT2D eigenvalue weighted by molar-refractivity contribution is 5.74. The number of rotatable bonds is 4. The lowest BCUT2D eigenvalue weighted by molar-refractivity contribution is -0.148. The number of amides is 2. The van der Waals surface area contributed by atoms with E-state index in [4.69, 9.17) is 4.74 Å². The van der Waals surface area contributed by atoms with E-state index in [1.54, 1.807) is 4.90 Å². The first-order valence-corrected chi connectivity index (χ1v) is 8.26. The van der Waals surface area contributed by atoms with E-state index in [-0.39, 0.29) is 12.1 Å². The van der Waals surface area contributed by atoms with Gasteiger partial charge in [-0.15, -0.1) is 0 Å². The van der Waals surface area contributed by atoms with Crippen molar-refractivity contribution in [3.8, 4) is 0 Å². The Morgan fingerprint density at radius 2 is 1.96 bits per heavy atom. The Labute approximate surface area is 135 Å². The van der Waals surface area contributed by atoms with Gasteiger partial charge in [0, 0.05) is 13.1 Å². The predicted octanol–water partition coefficient (Wildman–Crippen LogP) is 2.08. The first-order valence-electron chi connectivity index (χ1n) is 8.26. The summed E-state index contributed by atoms with van der Waals surface area (Å²) in [6, 6.07) is 0.00432. The molecule has 0 aromatic rings. The fourth-order valence-corrected chi connectivity index (χ4v) is 3.20. The molecule has 2 aliphatic rings. The number of carbonyl (C=O) groups is 1. The summed E-state index contributed by atoms with van der Waals surface area (Å²) in [4.78, 5) is 15.3. The fraction of sp³-hybridized carbons (Fsp3) is 0.933. The van der Waals surface area contributed by atoms with E-state index in [1.807, 2.05) is 6.92 Å². The van der Waals surface area contributed by atoms with Crippen molar-refractivity contribution in [3.05, 3.63) is 0 Å². The summed E-state index contributed by atoms with van der Waals surface area (Å²) >= 11 is 0. The molecule has 0 radical (unpaired) electrons. The van der Waals surface area contributed by atoms with Crippen molar-refractivity contribution >= 4 is 6.03 Å². The van der Waals surface area contributed by atoms with Crippen molar-refractivity contribution in [1.82, 2.24) is 15.1 Å². The van der Waals surface area contributed by atoms with Gasteiger partial charge in [-0.05, 0) is 45.2 Å². The molecule has 1 unspecified atom stereocenters. The van der Waals surface area contributed by atoms with Crippen LogP contribution in [0.15, 0.2) is 0 Å². The molecule has 0 spiro atoms. The number of alkyl halides is 3. The summed E-state index contributed by atoms with van der Waals surface area (Å²) in [7, 11) is 0. The normalized spacial score (nSPS) is 24.7. The Kier molecular flexibility index (Phi) is 6.52. The smallest absolute Gasteiger partial charge is 0.377 e. The molecule has 2 fully saturated rings. The van der Waals surface area contributed by atoms with Gasteiger partial charge in [-0.3, -0.25) is 4.90 Å². The summed E-state index contributed by atoms with van der Waals surface area (Å²) < 4.78 is 42.3. The molecule has 2 saturated heterocycles. The first kappa shape index (κ1) is 18.3. The van der Waals surface area contributed by atoms with Gasteiger partial charge in [-0.1, -0.05) is 0 Å². The summed E-state index contributed by atoms with van der Waals surface area (Å²) in [5.74, 6) is 0.391. The average Bonchev–Trinajstić information content (AvgIpc) is 2.48. The second kappa shape index (κ2) is 8.19. The van der Waals surface area contributed by atoms with Crippen LogP contribution in [0.3, 0.4) is 0 Å². The van der Waals surface area contributed by atoms with Crippen LogP contribution < -0.4 is 5.32 Å². The molecule has 134 valence electrons. The van der Waals surface area contributed by atoms with Crippen LogP contribution >= 0.6 is 0 Å². The van der Waals surface area contributed by atoms with Crippen LogP contribution in [0, 0.1) is 5.92 Å². The number of halogens is 3. The number of likely N-dealkylation sites (tertiary alicyclic amines) is 1. The SMILES string of the molecule is CC1COCCN1C(=O)NCCC1CCN(CC(F)(F)F)CC1. The van der Waals surface area contributed by atoms with Crippen molar-refractivity contribution in [2.75, 3.05) is 45.9 Å². The number of ether oxygens (including phenoxy) is 1. The van der Waals surface area contributed by atoms with Gasteiger partial charge in [0.2, 0.25) is 0 Å². The molecule has 1 atom stereocenters. The number of nitrogens with zero attached hydrogens (tertiary/aromatic N) is 2. The number of hydrogen-bond donors (Lipinski definition) is 1. The summed E-state index contributed by atoms with van der Waals surface area (Å²) in [5.41, 5.74) is 0. The maximum absolute atomic E-state index is 12.3. The van der Waals surface area contributed by atoms with Gasteiger partial charge >= 0.3 is 12.2 Å². The second-order valence-corrected chi connectivity index (χ2v) is 6.47. The fourth-order valence-electron chi connectivity index (χ4n) is 3.20. The van der Waals surface area contributed by atoms with E-state index in [9.17, 15) is 18.0 Å². The van der Waals surface area contributed by atoms with Gasteiger partial charge in [0.15, 0.2) is 0 Å². The zero-order valence-electron chi connectivity index (χ0n) is 13.6. The number of hydrogen-bond acceptors (Lipinski definition) is 3. The second-order valence-electron chi connectivity index (χ2n) is 6.47. The maximum atomic E-state index is 12.3. The van der Waals surface area contributed by atoms with Crippen molar-refractivity contribution in [2.24, 2.45) is 5.92 Å². The lowest BCUT2D eigenvalue weighted by Gasteiger charge is -2.34. The number of carbonyl (C=O) groups excluding carboxylic acids is 1. The Balaban J connectivity index is 1.61. The standard InChI is InChI=1S/C15H26F3N3O2/c1-12-10-23-9-8-21(12)14(22)19-5-2-13-3-6-20(7-4-13)11-15(16,17)18/h12-13H,2-11H2,1H3,(H,19,22). The zero-order chi connectivity index (χ0) is 16.9. The lowest BCUT2D eigenvalue weighted by atomic mass is 9.93. The highest BCUT2D eigenvalue weighted by atomic mass is 19.4. The largest absolute Gasteiger partial charge is 0.401 e. The van der Waals surface area contributed by atoms with E-state index in [0.717, 1.165) is 19.3 Å². The van der Waals surface area contributed by atoms with E-state index < -0.39 is 12.7 Å². The number of piperidine rings is 1. The molecule has 5 nitrogen and oxygen atoms in total. The number of morpholine rings is 1. The Morgan fingerprint density at radius 1 is 1.26 bits per heavy atom. The highest BCUT2D eigenvalue weighted by Gasteiger charge is 2.32. The third-order valence-corrected chi connectivity index (χ3v) is 4.57. The molecule has 23 heavy (non-hydrogen) atoms. The molecule has 0 bridgehead atoms. The Hall–Kier alpha value is -1.02. The third kappa shape index (κ3) is 6.18. The molecule has 0 aromatic carbocycles. The van der Waals surface area contributed by atoms with Gasteiger partial charge in [0.25, 0.3) is 0 Å². The molecule has 2 heterocycles. The molecular formula is C15H26F3N3O2. The van der Waals surface area contributed by atoms with Crippen molar-refractivity contribution in [3.63, 3.8) is 0 Å². The summed E-state index contributed by atoms with van der Waals surface area (Å²) in [6.07, 6.45) is -1.76. The molecule has 0 aliphatic carbocycles. The van der Waals surface area contributed by atoms with Crippen LogP contribution in [0.5, 0.6) is 0 Å². The predicted molar refractivity (Wildman–Crippen MR) is 80.2 cm³/mol. The highest BCUT2D eigenvalue weighted by Crippen LogP contribution is 2.24. The molecule has 0 saturated carbocycles. The van der Waals surface area contributed by atoms with E-state index in [1.165, 1.54) is 4.90 Å². The van der Waals surface area contributed by atoms with Crippen molar-refractivity contribution in [2.45, 2.75) is 38.4 Å². The first-order chi connectivity index (χ1) is 10.8. The minimum Gasteiger partial charge on any atom is -0.377 e. The zero-order valence-corrected chi connectivity index (χ0v) is 13.6. The summed E-state index contributed by atoms with van der Waals surface area (Å²) in [6.45, 7) is 4.41. The molecule has 2 amide bonds. The van der Waals surface area contributed by atoms with Crippen LogP contribution in [0.4, 0.5) is 18.0 Å². The Morgan fingerprint density at radius 3 is 2.57 bits per heavy atom. The molecule has 2 rings (SSSR count). The van der Waals surface area contributed by atoms with Crippen LogP contribution in [0.25, 0.3) is 0 Å². The van der Waals surface area contributed by atoms with E-state index in [2.05, 4.69) is 5.32 Å². The third-order valence-electron chi connectivity index (χ3n) is 4.57. The van der Waals surface area contributed by atoms with Crippen LogP contribution in [-0.2, 0) is 4.74 Å². The maximum Gasteiger partial charge on any atom is 0.401 e. The molecule has 2 aliphatic heterocycles. The van der Waals surface area contributed by atoms with E-state index >= 15 is 0 Å². The van der Waals surface area contributed by atoms with Crippen LogP contribution in [0.2, 0.25) is 0 Å². The van der Waals surface area contributed by atoms with Gasteiger partial charge < -0.3 is 15.0 Å². The van der Waals surface area contributed by atoms with E-state index in [0.29, 0.717) is 45.3 Å². The van der Waals surface area contributed by atoms with Gasteiger partial charge in [0.1, 0.15) is 0 Å². The Bertz CT molecular complexity index is 385. The molecule has 0 aromatic heterocycles. The number of urea groups is 1. The molecule has 8 heteroatoms. The topological polar surface area (TPSA) is 44.8 Å². The van der Waals surface area contributed by atoms with Crippen molar-refractivity contribution in [1.29, 1.82) is 0 Å². The van der Waals surface area contributed by atoms with Crippen LogP contribution in [0.1, 0.15) is 26.2 Å². The summed E-state index contributed by atoms with van der Waals surface area (Å²) in [5, 5.41) is 2.92. The quantitative estimate of drug-likeness (QED) is 0.854. The minimum absolute atomic E-state index is 0.0738. The monoisotopic (exact) mass is 337 g/mol. The van der Waals surface area contributed by atoms with Gasteiger partial charge in [-0.25, -0.2) is 4.79 Å². The number of nitrogens with one attached hydrogen (secondary N) is 1. The van der Waals surface area contributed by atoms with Crippen LogP contribution in [-0.4, -0.2) is 74.0 Å². The average molecular weight is 337 g/mol. The lowest BCUT2D eigenvalue weighted by Crippen LogP contribution is -2.51. The van der Waals surface area contributed by atoms with Gasteiger partial charge in [0.05, 0.1) is 25.8 Å². The van der Waals surface area contributed by atoms with Crippen molar-refractivity contribution < 1.29 is 22.7 Å². The molecule has 1 N–H and O–H groups in total.